The van der Waals surface area contributed by atoms with Crippen LogP contribution in [0.3, 0.4) is 0 Å². The Morgan fingerprint density at radius 3 is 2.96 bits per heavy atom. The lowest BCUT2D eigenvalue weighted by atomic mass is 10.2. The summed E-state index contributed by atoms with van der Waals surface area (Å²) in [5.74, 6) is -0.591. The maximum absolute atomic E-state index is 12.4. The van der Waals surface area contributed by atoms with Crippen LogP contribution in [-0.4, -0.2) is 50.0 Å². The lowest BCUT2D eigenvalue weighted by Crippen LogP contribution is -2.35. The third-order valence-electron chi connectivity index (χ3n) is 3.41. The van der Waals surface area contributed by atoms with Gasteiger partial charge in [0.15, 0.2) is 5.69 Å². The first-order chi connectivity index (χ1) is 11.0. The van der Waals surface area contributed by atoms with Gasteiger partial charge < -0.3 is 14.7 Å². The molecule has 0 atom stereocenters. The van der Waals surface area contributed by atoms with Crippen molar-refractivity contribution in [2.75, 3.05) is 13.2 Å². The second kappa shape index (κ2) is 6.37. The summed E-state index contributed by atoms with van der Waals surface area (Å²) in [6.45, 7) is 1.21. The van der Waals surface area contributed by atoms with Crippen molar-refractivity contribution in [2.24, 2.45) is 0 Å². The molecular weight excluding hydrogens is 368 g/mol. The second-order valence-corrected chi connectivity index (χ2v) is 5.94. The van der Waals surface area contributed by atoms with E-state index in [0.717, 1.165) is 15.8 Å². The van der Waals surface area contributed by atoms with Gasteiger partial charge in [-0.1, -0.05) is 21.1 Å². The Balaban J connectivity index is 1.73. The van der Waals surface area contributed by atoms with Crippen molar-refractivity contribution >= 4 is 27.8 Å². The maximum atomic E-state index is 12.4. The molecule has 1 aliphatic heterocycles. The summed E-state index contributed by atoms with van der Waals surface area (Å²) in [6, 6.07) is 5.67. The van der Waals surface area contributed by atoms with E-state index in [1.165, 1.54) is 10.9 Å². The van der Waals surface area contributed by atoms with Crippen LogP contribution in [0.25, 0.3) is 0 Å². The van der Waals surface area contributed by atoms with Gasteiger partial charge in [0, 0.05) is 16.6 Å². The minimum atomic E-state index is -1.18. The highest BCUT2D eigenvalue weighted by atomic mass is 79.9. The van der Waals surface area contributed by atoms with Crippen LogP contribution in [0.15, 0.2) is 28.9 Å². The number of carbonyl (C=O) groups is 2. The number of aromatic nitrogens is 3. The molecule has 1 aromatic heterocycles. The number of hydrogen-bond acceptors (Lipinski definition) is 5. The molecule has 0 aliphatic carbocycles. The Bertz CT molecular complexity index is 761. The number of fused-ring (bicyclic) bond motifs is 1. The second-order valence-electron chi connectivity index (χ2n) is 5.02. The molecular formula is C14H13BrN4O4. The van der Waals surface area contributed by atoms with Gasteiger partial charge in [0.2, 0.25) is 5.91 Å². The molecule has 1 amide bonds. The fraction of sp³-hybridized carbons (Fsp3) is 0.286. The van der Waals surface area contributed by atoms with Gasteiger partial charge in [-0.3, -0.25) is 4.79 Å². The highest BCUT2D eigenvalue weighted by Gasteiger charge is 2.21. The average Bonchev–Trinajstić information content (AvgIpc) is 2.86. The zero-order valence-electron chi connectivity index (χ0n) is 12.0. The standard InChI is InChI=1S/C14H13BrN4O4/c15-10-1-2-12-9(5-10)6-18(3-4-23-12)13(20)8-19-7-11(14(21)22)16-17-19/h1-2,5,7H,3-4,6,8H2,(H,21,22). The summed E-state index contributed by atoms with van der Waals surface area (Å²) in [5, 5.41) is 16.0. The van der Waals surface area contributed by atoms with Crippen molar-refractivity contribution in [3.8, 4) is 5.75 Å². The molecule has 0 unspecified atom stereocenters. The highest BCUT2D eigenvalue weighted by Crippen LogP contribution is 2.26. The van der Waals surface area contributed by atoms with Gasteiger partial charge in [-0.25, -0.2) is 9.48 Å². The minimum absolute atomic E-state index is 0.0659. The molecule has 1 aromatic carbocycles. The number of carboxylic acid groups (broad SMARTS) is 1. The van der Waals surface area contributed by atoms with Crippen molar-refractivity contribution in [1.82, 2.24) is 19.9 Å². The number of carboxylic acids is 1. The Morgan fingerprint density at radius 1 is 1.39 bits per heavy atom. The zero-order valence-corrected chi connectivity index (χ0v) is 13.6. The molecule has 2 heterocycles. The molecule has 8 nitrogen and oxygen atoms in total. The van der Waals surface area contributed by atoms with E-state index in [1.807, 2.05) is 18.2 Å². The van der Waals surface area contributed by atoms with Crippen molar-refractivity contribution in [3.63, 3.8) is 0 Å². The number of benzene rings is 1. The summed E-state index contributed by atoms with van der Waals surface area (Å²) in [4.78, 5) is 24.9. The van der Waals surface area contributed by atoms with Crippen molar-refractivity contribution in [2.45, 2.75) is 13.1 Å². The summed E-state index contributed by atoms with van der Waals surface area (Å²) in [5.41, 5.74) is 0.723. The van der Waals surface area contributed by atoms with Gasteiger partial charge in [0.1, 0.15) is 18.9 Å². The van der Waals surface area contributed by atoms with Gasteiger partial charge in [0.05, 0.1) is 12.7 Å². The van der Waals surface area contributed by atoms with Gasteiger partial charge in [-0.05, 0) is 18.2 Å². The van der Waals surface area contributed by atoms with Crippen LogP contribution in [0.5, 0.6) is 5.75 Å². The van der Waals surface area contributed by atoms with E-state index in [9.17, 15) is 9.59 Å². The van der Waals surface area contributed by atoms with Crippen LogP contribution < -0.4 is 4.74 Å². The molecule has 0 spiro atoms. The van der Waals surface area contributed by atoms with Gasteiger partial charge >= 0.3 is 5.97 Å². The Morgan fingerprint density at radius 2 is 2.22 bits per heavy atom. The van der Waals surface area contributed by atoms with E-state index >= 15 is 0 Å². The van der Waals surface area contributed by atoms with E-state index in [1.54, 1.807) is 4.90 Å². The van der Waals surface area contributed by atoms with Crippen LogP contribution in [0, 0.1) is 0 Å². The molecule has 0 saturated carbocycles. The lowest BCUT2D eigenvalue weighted by molar-refractivity contribution is -0.132. The summed E-state index contributed by atoms with van der Waals surface area (Å²) >= 11 is 3.41. The number of amides is 1. The molecule has 0 saturated heterocycles. The summed E-state index contributed by atoms with van der Waals surface area (Å²) < 4.78 is 7.78. The van der Waals surface area contributed by atoms with Gasteiger partial charge in [0.25, 0.3) is 0 Å². The molecule has 0 fully saturated rings. The fourth-order valence-electron chi connectivity index (χ4n) is 2.29. The van der Waals surface area contributed by atoms with Crippen LogP contribution >= 0.6 is 15.9 Å². The molecule has 3 rings (SSSR count). The summed E-state index contributed by atoms with van der Waals surface area (Å²) in [7, 11) is 0. The van der Waals surface area contributed by atoms with Crippen molar-refractivity contribution < 1.29 is 19.4 Å². The monoisotopic (exact) mass is 380 g/mol. The fourth-order valence-corrected chi connectivity index (χ4v) is 2.70. The third kappa shape index (κ3) is 3.50. The van der Waals surface area contributed by atoms with Crippen molar-refractivity contribution in [1.29, 1.82) is 0 Å². The maximum Gasteiger partial charge on any atom is 0.358 e. The average molecular weight is 381 g/mol. The minimum Gasteiger partial charge on any atom is -0.491 e. The quantitative estimate of drug-likeness (QED) is 0.857. The Kier molecular flexibility index (Phi) is 4.28. The Labute approximate surface area is 139 Å². The van der Waals surface area contributed by atoms with Crippen LogP contribution in [0.1, 0.15) is 16.1 Å². The number of nitrogens with zero attached hydrogens (tertiary/aromatic N) is 4. The molecule has 0 radical (unpaired) electrons. The van der Waals surface area contributed by atoms with Crippen molar-refractivity contribution in [3.05, 3.63) is 40.1 Å². The van der Waals surface area contributed by atoms with Crippen LogP contribution in [0.2, 0.25) is 0 Å². The normalized spacial score (nSPS) is 13.9. The van der Waals surface area contributed by atoms with Gasteiger partial charge in [-0.2, -0.15) is 0 Å². The molecule has 0 bridgehead atoms. The van der Waals surface area contributed by atoms with Crippen LogP contribution in [0.4, 0.5) is 0 Å². The van der Waals surface area contributed by atoms with E-state index in [4.69, 9.17) is 9.84 Å². The number of carbonyl (C=O) groups excluding carboxylic acids is 1. The van der Waals surface area contributed by atoms with E-state index in [-0.39, 0.29) is 18.1 Å². The molecule has 23 heavy (non-hydrogen) atoms. The molecule has 1 aliphatic rings. The molecule has 1 N–H and O–H groups in total. The number of ether oxygens (including phenoxy) is 1. The van der Waals surface area contributed by atoms with Crippen LogP contribution in [-0.2, 0) is 17.9 Å². The van der Waals surface area contributed by atoms with E-state index < -0.39 is 5.97 Å². The first-order valence-corrected chi connectivity index (χ1v) is 7.64. The molecule has 2 aromatic rings. The molecule has 120 valence electrons. The summed E-state index contributed by atoms with van der Waals surface area (Å²) in [6.07, 6.45) is 1.24. The van der Waals surface area contributed by atoms with Gasteiger partial charge in [-0.15, -0.1) is 5.10 Å². The largest absolute Gasteiger partial charge is 0.491 e. The zero-order chi connectivity index (χ0) is 16.4. The van der Waals surface area contributed by atoms with E-state index in [0.29, 0.717) is 19.7 Å². The highest BCUT2D eigenvalue weighted by molar-refractivity contribution is 9.10. The first-order valence-electron chi connectivity index (χ1n) is 6.85. The number of halogens is 1. The predicted molar refractivity (Wildman–Crippen MR) is 82.0 cm³/mol. The topological polar surface area (TPSA) is 97.5 Å². The number of rotatable bonds is 3. The van der Waals surface area contributed by atoms with E-state index in [2.05, 4.69) is 26.2 Å². The SMILES string of the molecule is O=C(O)c1cn(CC(=O)N2CCOc3ccc(Br)cc3C2)nn1. The first kappa shape index (κ1) is 15.5. The third-order valence-corrected chi connectivity index (χ3v) is 3.90. The lowest BCUT2D eigenvalue weighted by Gasteiger charge is -2.19. The predicted octanol–water partition coefficient (Wildman–Crippen LogP) is 1.16. The smallest absolute Gasteiger partial charge is 0.358 e. The number of aromatic carboxylic acids is 1. The number of hydrogen-bond donors (Lipinski definition) is 1. The molecule has 9 heteroatoms. The Hall–Kier alpha value is -2.42.